The molecule has 0 N–H and O–H groups in total. The Kier molecular flexibility index (Phi) is 13.3. The molecule has 0 rings (SSSR count). The summed E-state index contributed by atoms with van der Waals surface area (Å²) in [4.78, 5) is 48.6. The van der Waals surface area contributed by atoms with Crippen molar-refractivity contribution in [2.24, 2.45) is 9.98 Å². The summed E-state index contributed by atoms with van der Waals surface area (Å²) < 4.78 is 9.60. The van der Waals surface area contributed by atoms with Crippen molar-refractivity contribution in [3.63, 3.8) is 0 Å². The third kappa shape index (κ3) is 15.1. The van der Waals surface area contributed by atoms with Gasteiger partial charge in [0, 0.05) is 6.08 Å². The number of hydrogen-bond acceptors (Lipinski definition) is 8. The van der Waals surface area contributed by atoms with Crippen LogP contribution < -0.4 is 0 Å². The van der Waals surface area contributed by atoms with E-state index in [1.807, 2.05) is 0 Å². The smallest absolute Gasteiger partial charge is 0.330 e. The van der Waals surface area contributed by atoms with Gasteiger partial charge in [0.1, 0.15) is 13.2 Å². The molecule has 0 aliphatic heterocycles. The van der Waals surface area contributed by atoms with Crippen molar-refractivity contribution in [1.29, 1.82) is 0 Å². The lowest BCUT2D eigenvalue weighted by molar-refractivity contribution is -0.141. The Morgan fingerprint density at radius 1 is 0.826 bits per heavy atom. The van der Waals surface area contributed by atoms with Gasteiger partial charge in [0.05, 0.1) is 19.5 Å². The maximum absolute atomic E-state index is 11.3. The van der Waals surface area contributed by atoms with Gasteiger partial charge in [-0.25, -0.2) is 24.4 Å². The SMILES string of the molecule is O=C=NCC=CCOC(=O)C=CCC(=O)OCC=CCN=C=O. The number of aliphatic imine (C=N–C) groups is 2. The van der Waals surface area contributed by atoms with Crippen molar-refractivity contribution in [2.75, 3.05) is 26.3 Å². The zero-order chi connectivity index (χ0) is 17.2. The normalized spacial score (nSPS) is 10.4. The third-order valence-corrected chi connectivity index (χ3v) is 2.06. The van der Waals surface area contributed by atoms with Crippen LogP contribution in [0.2, 0.25) is 0 Å². The Bertz CT molecular complexity index is 552. The Balaban J connectivity index is 3.77. The molecule has 0 spiro atoms. The van der Waals surface area contributed by atoms with Gasteiger partial charge in [-0.3, -0.25) is 4.79 Å². The van der Waals surface area contributed by atoms with E-state index >= 15 is 0 Å². The fourth-order valence-electron chi connectivity index (χ4n) is 1.09. The second-order valence-corrected chi connectivity index (χ2v) is 3.73. The summed E-state index contributed by atoms with van der Waals surface area (Å²) in [5, 5.41) is 0. The van der Waals surface area contributed by atoms with Gasteiger partial charge in [-0.2, -0.15) is 0 Å². The maximum atomic E-state index is 11.3. The van der Waals surface area contributed by atoms with Crippen molar-refractivity contribution in [2.45, 2.75) is 6.42 Å². The molecular formula is C15H16N2O6. The minimum Gasteiger partial charge on any atom is -0.461 e. The van der Waals surface area contributed by atoms with Crippen LogP contribution in [0.15, 0.2) is 46.4 Å². The molecule has 0 aliphatic carbocycles. The van der Waals surface area contributed by atoms with Crippen molar-refractivity contribution in [3.8, 4) is 0 Å². The number of isocyanates is 2. The first-order valence-electron chi connectivity index (χ1n) is 6.57. The summed E-state index contributed by atoms with van der Waals surface area (Å²) in [6.07, 6.45) is 11.3. The van der Waals surface area contributed by atoms with Crippen molar-refractivity contribution in [1.82, 2.24) is 0 Å². The standard InChI is InChI=1S/C15H16N2O6/c18-12-16-8-1-3-10-22-14(20)6-5-7-15(21)23-11-4-2-9-17-13-19/h1-6H,7-11H2. The highest BCUT2D eigenvalue weighted by atomic mass is 16.5. The molecule has 0 heterocycles. The number of esters is 2. The Labute approximate surface area is 132 Å². The number of carbonyl (C=O) groups excluding carboxylic acids is 4. The Morgan fingerprint density at radius 3 is 1.96 bits per heavy atom. The molecular weight excluding hydrogens is 304 g/mol. The van der Waals surface area contributed by atoms with Gasteiger partial charge in [-0.05, 0) is 12.2 Å². The molecule has 0 fully saturated rings. The molecule has 0 bridgehead atoms. The summed E-state index contributed by atoms with van der Waals surface area (Å²) in [5.41, 5.74) is 0. The van der Waals surface area contributed by atoms with E-state index in [9.17, 15) is 19.2 Å². The predicted octanol–water partition coefficient (Wildman–Crippen LogP) is 0.803. The fraction of sp³-hybridized carbons (Fsp3) is 0.333. The molecule has 0 radical (unpaired) electrons. The highest BCUT2D eigenvalue weighted by Crippen LogP contribution is 1.92. The number of rotatable bonds is 11. The number of hydrogen-bond donors (Lipinski definition) is 0. The quantitative estimate of drug-likeness (QED) is 0.183. The van der Waals surface area contributed by atoms with E-state index in [0.717, 1.165) is 6.08 Å². The van der Waals surface area contributed by atoms with Crippen LogP contribution >= 0.6 is 0 Å². The van der Waals surface area contributed by atoms with E-state index < -0.39 is 11.9 Å². The van der Waals surface area contributed by atoms with Crippen molar-refractivity contribution in [3.05, 3.63) is 36.5 Å². The van der Waals surface area contributed by atoms with E-state index in [2.05, 4.69) is 9.98 Å². The fourth-order valence-corrected chi connectivity index (χ4v) is 1.09. The van der Waals surface area contributed by atoms with Gasteiger partial charge in [-0.1, -0.05) is 18.2 Å². The molecule has 0 aromatic carbocycles. The van der Waals surface area contributed by atoms with Crippen LogP contribution in [-0.4, -0.2) is 50.4 Å². The average Bonchev–Trinajstić information content (AvgIpc) is 2.54. The molecule has 8 heteroatoms. The third-order valence-electron chi connectivity index (χ3n) is 2.06. The van der Waals surface area contributed by atoms with Crippen molar-refractivity contribution < 1.29 is 28.7 Å². The van der Waals surface area contributed by atoms with Gasteiger partial charge >= 0.3 is 11.9 Å². The number of ether oxygens (including phenoxy) is 2. The zero-order valence-electron chi connectivity index (χ0n) is 12.3. The van der Waals surface area contributed by atoms with Gasteiger partial charge in [-0.15, -0.1) is 0 Å². The summed E-state index contributed by atoms with van der Waals surface area (Å²) >= 11 is 0. The minimum atomic E-state index is -0.604. The highest BCUT2D eigenvalue weighted by molar-refractivity contribution is 5.83. The lowest BCUT2D eigenvalue weighted by Crippen LogP contribution is -2.04. The van der Waals surface area contributed by atoms with E-state index in [1.165, 1.54) is 30.4 Å². The first-order valence-corrected chi connectivity index (χ1v) is 6.57. The summed E-state index contributed by atoms with van der Waals surface area (Å²) in [5.74, 6) is -1.11. The molecule has 122 valence electrons. The molecule has 0 amide bonds. The first-order chi connectivity index (χ1) is 11.2. The van der Waals surface area contributed by atoms with Crippen molar-refractivity contribution >= 4 is 24.1 Å². The largest absolute Gasteiger partial charge is 0.461 e. The molecule has 0 aliphatic rings. The average molecular weight is 320 g/mol. The topological polar surface area (TPSA) is 111 Å². The van der Waals surface area contributed by atoms with E-state index in [4.69, 9.17) is 9.47 Å². The molecule has 0 unspecified atom stereocenters. The second-order valence-electron chi connectivity index (χ2n) is 3.73. The first kappa shape index (κ1) is 19.9. The zero-order valence-corrected chi connectivity index (χ0v) is 12.3. The molecule has 0 saturated heterocycles. The highest BCUT2D eigenvalue weighted by Gasteiger charge is 1.99. The van der Waals surface area contributed by atoms with Crippen LogP contribution in [0.1, 0.15) is 6.42 Å². The lowest BCUT2D eigenvalue weighted by atomic mass is 10.4. The van der Waals surface area contributed by atoms with Gasteiger partial charge < -0.3 is 9.47 Å². The van der Waals surface area contributed by atoms with Crippen LogP contribution in [0.3, 0.4) is 0 Å². The molecule has 23 heavy (non-hydrogen) atoms. The maximum Gasteiger partial charge on any atom is 0.330 e. The Hall–Kier alpha value is -3.08. The molecule has 0 saturated carbocycles. The van der Waals surface area contributed by atoms with Gasteiger partial charge in [0.25, 0.3) is 0 Å². The number of carbonyl (C=O) groups is 2. The molecule has 8 nitrogen and oxygen atoms in total. The van der Waals surface area contributed by atoms with Crippen LogP contribution in [0.5, 0.6) is 0 Å². The molecule has 0 aromatic rings. The van der Waals surface area contributed by atoms with Crippen LogP contribution in [0.25, 0.3) is 0 Å². The van der Waals surface area contributed by atoms with Crippen LogP contribution in [0.4, 0.5) is 0 Å². The van der Waals surface area contributed by atoms with E-state index in [-0.39, 0.29) is 32.7 Å². The lowest BCUT2D eigenvalue weighted by Gasteiger charge is -1.98. The molecule has 0 aromatic heterocycles. The van der Waals surface area contributed by atoms with Gasteiger partial charge in [0.2, 0.25) is 12.2 Å². The number of nitrogens with zero attached hydrogens (tertiary/aromatic N) is 2. The van der Waals surface area contributed by atoms with Crippen LogP contribution in [-0.2, 0) is 28.7 Å². The van der Waals surface area contributed by atoms with Gasteiger partial charge in [0.15, 0.2) is 0 Å². The monoisotopic (exact) mass is 320 g/mol. The summed E-state index contributed by atoms with van der Waals surface area (Å²) in [6.45, 7) is 0.455. The Morgan fingerprint density at radius 2 is 1.39 bits per heavy atom. The molecule has 0 atom stereocenters. The second kappa shape index (κ2) is 15.3. The summed E-state index contributed by atoms with van der Waals surface area (Å²) in [7, 11) is 0. The van der Waals surface area contributed by atoms with Crippen LogP contribution in [0, 0.1) is 0 Å². The van der Waals surface area contributed by atoms with E-state index in [0.29, 0.717) is 0 Å². The predicted molar refractivity (Wildman–Crippen MR) is 79.9 cm³/mol. The van der Waals surface area contributed by atoms with E-state index in [1.54, 1.807) is 12.2 Å². The summed E-state index contributed by atoms with van der Waals surface area (Å²) in [6, 6.07) is 0. The minimum absolute atomic E-state index is 0.0378.